The Labute approximate surface area is 201 Å². The molecule has 1 amide bonds. The Balaban J connectivity index is 1.46. The number of halogens is 3. The minimum absolute atomic E-state index is 0.0529. The van der Waals surface area contributed by atoms with Gasteiger partial charge in [0.2, 0.25) is 5.91 Å². The second kappa shape index (κ2) is 8.53. The maximum atomic E-state index is 14.8. The first kappa shape index (κ1) is 24.1. The average Bonchev–Trinajstić information content (AvgIpc) is 3.53. The summed E-state index contributed by atoms with van der Waals surface area (Å²) in [6.07, 6.45) is 3.48. The van der Waals surface area contributed by atoms with Crippen molar-refractivity contribution in [3.05, 3.63) is 35.3 Å². The maximum Gasteiger partial charge on any atom is 0.387 e. The van der Waals surface area contributed by atoms with Crippen molar-refractivity contribution in [2.45, 2.75) is 64.1 Å². The largest absolute Gasteiger partial charge is 0.435 e. The Morgan fingerprint density at radius 3 is 2.60 bits per heavy atom. The van der Waals surface area contributed by atoms with Gasteiger partial charge in [0.15, 0.2) is 9.84 Å². The summed E-state index contributed by atoms with van der Waals surface area (Å²) in [7, 11) is -3.10. The zero-order chi connectivity index (χ0) is 25.1. The smallest absolute Gasteiger partial charge is 0.387 e. The molecule has 0 unspecified atom stereocenters. The van der Waals surface area contributed by atoms with Crippen molar-refractivity contribution in [2.24, 2.45) is 11.8 Å². The highest BCUT2D eigenvalue weighted by Gasteiger charge is 2.47. The summed E-state index contributed by atoms with van der Waals surface area (Å²) in [5.74, 6) is -0.986. The lowest BCUT2D eigenvalue weighted by Crippen LogP contribution is -2.64. The van der Waals surface area contributed by atoms with Crippen molar-refractivity contribution >= 4 is 15.7 Å². The van der Waals surface area contributed by atoms with E-state index in [4.69, 9.17) is 5.10 Å². The number of carbonyl (C=O) groups excluding carboxylic acids is 1. The van der Waals surface area contributed by atoms with Crippen LogP contribution in [-0.2, 0) is 27.5 Å². The van der Waals surface area contributed by atoms with E-state index >= 15 is 0 Å². The first-order valence-electron chi connectivity index (χ1n) is 11.8. The van der Waals surface area contributed by atoms with Gasteiger partial charge >= 0.3 is 6.61 Å². The molecular weight excluding hydrogens is 483 g/mol. The summed E-state index contributed by atoms with van der Waals surface area (Å²) in [6.45, 7) is 0.752. The molecule has 11 heteroatoms. The number of hydrogen-bond acceptors (Lipinski definition) is 5. The fraction of sp³-hybridized carbons (Fsp3) is 0.583. The third-order valence-corrected chi connectivity index (χ3v) is 9.44. The molecule has 2 heterocycles. The lowest BCUT2D eigenvalue weighted by atomic mass is 9.84. The van der Waals surface area contributed by atoms with Gasteiger partial charge in [-0.2, -0.15) is 13.9 Å². The van der Waals surface area contributed by atoms with Crippen LogP contribution < -0.4 is 10.1 Å². The summed E-state index contributed by atoms with van der Waals surface area (Å²) in [6, 6.07) is 3.54. The Morgan fingerprint density at radius 2 is 1.97 bits per heavy atom. The molecule has 7 nitrogen and oxygen atoms in total. The molecule has 35 heavy (non-hydrogen) atoms. The zero-order valence-electron chi connectivity index (χ0n) is 19.6. The van der Waals surface area contributed by atoms with Crippen LogP contribution in [0.4, 0.5) is 13.2 Å². The van der Waals surface area contributed by atoms with E-state index in [-0.39, 0.29) is 40.7 Å². The van der Waals surface area contributed by atoms with Gasteiger partial charge in [-0.1, -0.05) is 0 Å². The third kappa shape index (κ3) is 4.79. The predicted octanol–water partition coefficient (Wildman–Crippen LogP) is 3.67. The van der Waals surface area contributed by atoms with Crippen LogP contribution in [0, 0.1) is 17.7 Å². The summed E-state index contributed by atoms with van der Waals surface area (Å²) < 4.78 is 69.9. The van der Waals surface area contributed by atoms with Gasteiger partial charge in [-0.05, 0) is 63.6 Å². The number of carbonyl (C=O) groups is 1. The van der Waals surface area contributed by atoms with Gasteiger partial charge < -0.3 is 10.1 Å². The number of alkyl halides is 2. The summed E-state index contributed by atoms with van der Waals surface area (Å²) in [4.78, 5) is 13.0. The molecule has 1 saturated heterocycles. The highest BCUT2D eigenvalue weighted by molar-refractivity contribution is 7.93. The number of sulfone groups is 1. The van der Waals surface area contributed by atoms with Crippen LogP contribution in [0.25, 0.3) is 11.3 Å². The molecule has 1 aromatic heterocycles. The number of ether oxygens (including phenoxy) is 1. The molecule has 0 radical (unpaired) electrons. The topological polar surface area (TPSA) is 90.3 Å². The maximum absolute atomic E-state index is 14.8. The predicted molar refractivity (Wildman–Crippen MR) is 122 cm³/mol. The van der Waals surface area contributed by atoms with Crippen LogP contribution >= 0.6 is 0 Å². The fourth-order valence-electron chi connectivity index (χ4n) is 5.45. The molecule has 1 aliphatic heterocycles. The second-order valence-corrected chi connectivity index (χ2v) is 12.4. The Bertz CT molecular complexity index is 1260. The normalized spacial score (nSPS) is 23.3. The fourth-order valence-corrected chi connectivity index (χ4v) is 7.46. The second-order valence-electron chi connectivity index (χ2n) is 10.3. The lowest BCUT2D eigenvalue weighted by Gasteiger charge is -2.39. The minimum atomic E-state index is -3.10. The van der Waals surface area contributed by atoms with Gasteiger partial charge in [-0.15, -0.1) is 0 Å². The molecule has 1 saturated carbocycles. The van der Waals surface area contributed by atoms with E-state index in [2.05, 4.69) is 10.1 Å². The molecule has 2 atom stereocenters. The molecule has 2 fully saturated rings. The molecule has 5 rings (SSSR count). The molecule has 0 bridgehead atoms. The first-order chi connectivity index (χ1) is 16.4. The van der Waals surface area contributed by atoms with E-state index in [0.717, 1.165) is 36.2 Å². The van der Waals surface area contributed by atoms with Gasteiger partial charge in [0.25, 0.3) is 0 Å². The van der Waals surface area contributed by atoms with E-state index in [1.165, 1.54) is 6.07 Å². The van der Waals surface area contributed by atoms with Gasteiger partial charge in [-0.3, -0.25) is 9.48 Å². The molecule has 1 aromatic carbocycles. The lowest BCUT2D eigenvalue weighted by molar-refractivity contribution is -0.126. The van der Waals surface area contributed by atoms with Crippen molar-refractivity contribution in [3.63, 3.8) is 0 Å². The summed E-state index contributed by atoms with van der Waals surface area (Å²) in [5, 5.41) is 7.65. The quantitative estimate of drug-likeness (QED) is 0.613. The standard InChI is InChI=1S/C24H28F3N3O4S/c1-13(14-3-4-14)30-20-9-15(22(31)28-24(2)11-35(32,33)12-24)5-7-17(20)21(29-30)18-10-16(34-23(26)27)6-8-19(18)25/h6,8,10,13-15,23H,3-5,7,9,11-12H2,1-2H3,(H,28,31)/t13-,15-/m1/s1. The van der Waals surface area contributed by atoms with E-state index < -0.39 is 27.8 Å². The van der Waals surface area contributed by atoms with E-state index in [1.54, 1.807) is 6.92 Å². The van der Waals surface area contributed by atoms with Crippen molar-refractivity contribution in [1.82, 2.24) is 15.1 Å². The molecular formula is C24H28F3N3O4S. The number of nitrogens with one attached hydrogen (secondary N) is 1. The van der Waals surface area contributed by atoms with E-state index in [9.17, 15) is 26.4 Å². The van der Waals surface area contributed by atoms with Crippen molar-refractivity contribution in [3.8, 4) is 17.0 Å². The van der Waals surface area contributed by atoms with Crippen LogP contribution in [0.5, 0.6) is 5.75 Å². The van der Waals surface area contributed by atoms with Gasteiger partial charge in [0.05, 0.1) is 28.8 Å². The van der Waals surface area contributed by atoms with Crippen molar-refractivity contribution in [1.29, 1.82) is 0 Å². The highest BCUT2D eigenvalue weighted by atomic mass is 32.2. The first-order valence-corrected chi connectivity index (χ1v) is 13.6. The number of nitrogens with zero attached hydrogens (tertiary/aromatic N) is 2. The zero-order valence-corrected chi connectivity index (χ0v) is 20.4. The van der Waals surface area contributed by atoms with E-state index in [1.807, 2.05) is 11.6 Å². The molecule has 190 valence electrons. The van der Waals surface area contributed by atoms with Crippen molar-refractivity contribution < 1.29 is 31.1 Å². The van der Waals surface area contributed by atoms with Crippen LogP contribution in [-0.4, -0.2) is 47.8 Å². The Morgan fingerprint density at radius 1 is 1.26 bits per heavy atom. The number of fused-ring (bicyclic) bond motifs is 1. The number of benzene rings is 1. The number of amides is 1. The monoisotopic (exact) mass is 511 g/mol. The molecule has 0 spiro atoms. The van der Waals surface area contributed by atoms with Gasteiger partial charge in [0.1, 0.15) is 11.6 Å². The molecule has 2 aliphatic carbocycles. The van der Waals surface area contributed by atoms with Crippen LogP contribution in [0.3, 0.4) is 0 Å². The summed E-state index contributed by atoms with van der Waals surface area (Å²) >= 11 is 0. The number of hydrogen-bond donors (Lipinski definition) is 1. The van der Waals surface area contributed by atoms with E-state index in [0.29, 0.717) is 30.9 Å². The van der Waals surface area contributed by atoms with Crippen LogP contribution in [0.15, 0.2) is 18.2 Å². The number of aromatic nitrogens is 2. The molecule has 1 N–H and O–H groups in total. The Hall–Kier alpha value is -2.56. The molecule has 2 aromatic rings. The highest BCUT2D eigenvalue weighted by Crippen LogP contribution is 2.43. The summed E-state index contributed by atoms with van der Waals surface area (Å²) in [5.41, 5.74) is 1.39. The van der Waals surface area contributed by atoms with Crippen LogP contribution in [0.2, 0.25) is 0 Å². The third-order valence-electron chi connectivity index (χ3n) is 7.28. The molecule has 3 aliphatic rings. The average molecular weight is 512 g/mol. The van der Waals surface area contributed by atoms with Gasteiger partial charge in [-0.25, -0.2) is 12.8 Å². The SMILES string of the molecule is C[C@H](C1CC1)n1nc(-c2cc(OC(F)F)ccc2F)c2c1C[C@H](C(=O)NC1(C)CS(=O)(=O)C1)CC2. The Kier molecular flexibility index (Phi) is 5.89. The van der Waals surface area contributed by atoms with Crippen LogP contribution in [0.1, 0.15) is 50.4 Å². The van der Waals surface area contributed by atoms with Crippen molar-refractivity contribution in [2.75, 3.05) is 11.5 Å². The van der Waals surface area contributed by atoms with Gasteiger partial charge in [0, 0.05) is 29.2 Å². The number of rotatable bonds is 7. The minimum Gasteiger partial charge on any atom is -0.435 e.